The smallest absolute Gasteiger partial charge is 0.326 e. The van der Waals surface area contributed by atoms with Crippen molar-refractivity contribution in [2.45, 2.75) is 24.9 Å². The number of aromatic amines is 1. The molecule has 8 nitrogen and oxygen atoms in total. The summed E-state index contributed by atoms with van der Waals surface area (Å²) < 4.78 is 7.26. The molecule has 1 aromatic carbocycles. The number of likely N-dealkylation sites (tertiary alicyclic amines) is 2. The average molecular weight is 385 g/mol. The molecule has 1 N–H and O–H groups in total. The predicted octanol–water partition coefficient (Wildman–Crippen LogP) is 1.10. The van der Waals surface area contributed by atoms with Crippen molar-refractivity contribution >= 4 is 17.1 Å². The lowest BCUT2D eigenvalue weighted by molar-refractivity contribution is 0.00612. The van der Waals surface area contributed by atoms with Crippen molar-refractivity contribution < 1.29 is 9.53 Å². The Hall–Kier alpha value is -2.32. The van der Waals surface area contributed by atoms with Crippen LogP contribution in [0.2, 0.25) is 0 Å². The van der Waals surface area contributed by atoms with Crippen LogP contribution in [-0.4, -0.2) is 88.8 Å². The van der Waals surface area contributed by atoms with E-state index in [0.29, 0.717) is 32.3 Å². The Morgan fingerprint density at radius 1 is 0.964 bits per heavy atom. The highest BCUT2D eigenvalue weighted by atomic mass is 16.5. The number of imidazole rings is 1. The summed E-state index contributed by atoms with van der Waals surface area (Å²) in [6, 6.07) is 8.75. The Balaban J connectivity index is 1.17. The zero-order valence-corrected chi connectivity index (χ0v) is 16.0. The second-order valence-corrected chi connectivity index (χ2v) is 8.03. The summed E-state index contributed by atoms with van der Waals surface area (Å²) in [6.07, 6.45) is 1.94. The molecule has 5 rings (SSSR count). The maximum absolute atomic E-state index is 12.5. The van der Waals surface area contributed by atoms with Gasteiger partial charge in [-0.1, -0.05) is 12.1 Å². The average Bonchev–Trinajstić information content (AvgIpc) is 3.04. The van der Waals surface area contributed by atoms with Crippen molar-refractivity contribution in [1.29, 1.82) is 0 Å². The van der Waals surface area contributed by atoms with Crippen LogP contribution in [0.4, 0.5) is 4.79 Å². The molecule has 2 aromatic rings. The molecule has 0 radical (unpaired) electrons. The van der Waals surface area contributed by atoms with Gasteiger partial charge in [-0.05, 0) is 25.0 Å². The summed E-state index contributed by atoms with van der Waals surface area (Å²) in [5.41, 5.74) is 1.90. The standard InChI is InChI=1S/C20H27N5O3/c26-19-21-17-3-1-2-4-18(17)25(19)15-5-7-22(8-6-15)16-13-24(14-16)20(27)23-9-11-28-12-10-23/h1-4,15-16H,5-14H2,(H,21,26). The number of nitrogens with zero attached hydrogens (tertiary/aromatic N) is 4. The number of nitrogens with one attached hydrogen (secondary N) is 1. The molecule has 0 spiro atoms. The van der Waals surface area contributed by atoms with Gasteiger partial charge in [0.1, 0.15) is 0 Å². The number of morpholine rings is 1. The molecule has 1 aromatic heterocycles. The highest BCUT2D eigenvalue weighted by Crippen LogP contribution is 2.28. The molecule has 3 aliphatic heterocycles. The fourth-order valence-electron chi connectivity index (χ4n) is 4.74. The molecular weight excluding hydrogens is 358 g/mol. The van der Waals surface area contributed by atoms with E-state index in [1.807, 2.05) is 38.6 Å². The van der Waals surface area contributed by atoms with Crippen LogP contribution in [-0.2, 0) is 4.74 Å². The van der Waals surface area contributed by atoms with E-state index in [-0.39, 0.29) is 17.8 Å². The number of para-hydroxylation sites is 2. The molecule has 3 aliphatic rings. The molecule has 2 amide bonds. The van der Waals surface area contributed by atoms with Crippen molar-refractivity contribution in [3.8, 4) is 0 Å². The molecule has 8 heteroatoms. The molecule has 0 unspecified atom stereocenters. The van der Waals surface area contributed by atoms with E-state index in [0.717, 1.165) is 50.1 Å². The summed E-state index contributed by atoms with van der Waals surface area (Å²) in [6.45, 7) is 6.26. The van der Waals surface area contributed by atoms with E-state index in [9.17, 15) is 9.59 Å². The summed E-state index contributed by atoms with van der Waals surface area (Å²) in [5, 5.41) is 0. The number of H-pyrrole nitrogens is 1. The van der Waals surface area contributed by atoms with Crippen LogP contribution in [0, 0.1) is 0 Å². The highest BCUT2D eigenvalue weighted by Gasteiger charge is 2.38. The van der Waals surface area contributed by atoms with Gasteiger partial charge in [-0.3, -0.25) is 9.47 Å². The van der Waals surface area contributed by atoms with Gasteiger partial charge in [0.25, 0.3) is 0 Å². The van der Waals surface area contributed by atoms with E-state index >= 15 is 0 Å². The lowest BCUT2D eigenvalue weighted by Gasteiger charge is -2.49. The van der Waals surface area contributed by atoms with Crippen molar-refractivity contribution in [2.75, 3.05) is 52.5 Å². The van der Waals surface area contributed by atoms with Gasteiger partial charge in [-0.15, -0.1) is 0 Å². The summed E-state index contributed by atoms with van der Waals surface area (Å²) in [5.74, 6) is 0. The molecule has 28 heavy (non-hydrogen) atoms. The Bertz CT molecular complexity index is 902. The third-order valence-electron chi connectivity index (χ3n) is 6.42. The summed E-state index contributed by atoms with van der Waals surface area (Å²) in [7, 11) is 0. The highest BCUT2D eigenvalue weighted by molar-refractivity contribution is 5.76. The number of hydrogen-bond acceptors (Lipinski definition) is 4. The van der Waals surface area contributed by atoms with Crippen LogP contribution in [0.1, 0.15) is 18.9 Å². The monoisotopic (exact) mass is 385 g/mol. The predicted molar refractivity (Wildman–Crippen MR) is 106 cm³/mol. The Morgan fingerprint density at radius 2 is 1.68 bits per heavy atom. The minimum Gasteiger partial charge on any atom is -0.378 e. The number of carbonyl (C=O) groups is 1. The van der Waals surface area contributed by atoms with Crippen LogP contribution in [0.5, 0.6) is 0 Å². The maximum atomic E-state index is 12.5. The van der Waals surface area contributed by atoms with Gasteiger partial charge in [0.15, 0.2) is 0 Å². The molecular formula is C20H27N5O3. The first-order chi connectivity index (χ1) is 13.7. The molecule has 0 bridgehead atoms. The lowest BCUT2D eigenvalue weighted by Crippen LogP contribution is -2.65. The minimum absolute atomic E-state index is 0.00872. The normalized spacial score (nSPS) is 22.6. The van der Waals surface area contributed by atoms with Crippen molar-refractivity contribution in [1.82, 2.24) is 24.3 Å². The first kappa shape index (κ1) is 17.8. The summed E-state index contributed by atoms with van der Waals surface area (Å²) in [4.78, 5) is 34.2. The SMILES string of the molecule is O=C(N1CCOCC1)N1CC(N2CCC(n3c(=O)[nH]c4ccccc43)CC2)C1. The van der Waals surface area contributed by atoms with Crippen molar-refractivity contribution in [3.05, 3.63) is 34.7 Å². The molecule has 0 atom stereocenters. The number of rotatable bonds is 2. The third kappa shape index (κ3) is 3.10. The van der Waals surface area contributed by atoms with Gasteiger partial charge < -0.3 is 19.5 Å². The van der Waals surface area contributed by atoms with Crippen molar-refractivity contribution in [2.24, 2.45) is 0 Å². The van der Waals surface area contributed by atoms with Gasteiger partial charge in [0.05, 0.1) is 24.2 Å². The van der Waals surface area contributed by atoms with Gasteiger partial charge >= 0.3 is 11.7 Å². The topological polar surface area (TPSA) is 73.8 Å². The van der Waals surface area contributed by atoms with Crippen molar-refractivity contribution in [3.63, 3.8) is 0 Å². The third-order valence-corrected chi connectivity index (χ3v) is 6.42. The number of amides is 2. The van der Waals surface area contributed by atoms with Crippen LogP contribution >= 0.6 is 0 Å². The van der Waals surface area contributed by atoms with Crippen LogP contribution in [0.15, 0.2) is 29.1 Å². The van der Waals surface area contributed by atoms with Gasteiger partial charge in [-0.2, -0.15) is 0 Å². The van der Waals surface area contributed by atoms with Gasteiger partial charge in [0.2, 0.25) is 0 Å². The number of benzene rings is 1. The van der Waals surface area contributed by atoms with Gasteiger partial charge in [-0.25, -0.2) is 9.59 Å². The zero-order chi connectivity index (χ0) is 19.1. The number of piperidine rings is 1. The fourth-order valence-corrected chi connectivity index (χ4v) is 4.74. The van der Waals surface area contributed by atoms with E-state index in [1.165, 1.54) is 0 Å². The Morgan fingerprint density at radius 3 is 2.43 bits per heavy atom. The van der Waals surface area contributed by atoms with E-state index < -0.39 is 0 Å². The first-order valence-corrected chi connectivity index (χ1v) is 10.3. The number of urea groups is 1. The number of hydrogen-bond donors (Lipinski definition) is 1. The van der Waals surface area contributed by atoms with Crippen LogP contribution in [0.3, 0.4) is 0 Å². The number of ether oxygens (including phenoxy) is 1. The van der Waals surface area contributed by atoms with E-state index in [4.69, 9.17) is 4.74 Å². The number of fused-ring (bicyclic) bond motifs is 1. The first-order valence-electron chi connectivity index (χ1n) is 10.3. The second kappa shape index (κ2) is 7.25. The van der Waals surface area contributed by atoms with E-state index in [2.05, 4.69) is 9.88 Å². The minimum atomic E-state index is -0.00872. The van der Waals surface area contributed by atoms with Gasteiger partial charge in [0, 0.05) is 51.4 Å². The maximum Gasteiger partial charge on any atom is 0.326 e. The molecule has 3 saturated heterocycles. The Kier molecular flexibility index (Phi) is 4.60. The molecule has 4 heterocycles. The molecule has 0 saturated carbocycles. The van der Waals surface area contributed by atoms with Crippen LogP contribution in [0.25, 0.3) is 11.0 Å². The molecule has 150 valence electrons. The lowest BCUT2D eigenvalue weighted by atomic mass is 9.99. The zero-order valence-electron chi connectivity index (χ0n) is 16.0. The molecule has 0 aliphatic carbocycles. The Labute approximate surface area is 163 Å². The van der Waals surface area contributed by atoms with Crippen LogP contribution < -0.4 is 5.69 Å². The fraction of sp³-hybridized carbons (Fsp3) is 0.600. The quantitative estimate of drug-likeness (QED) is 0.840. The second-order valence-electron chi connectivity index (χ2n) is 8.03. The van der Waals surface area contributed by atoms with E-state index in [1.54, 1.807) is 0 Å². The molecule has 3 fully saturated rings. The summed E-state index contributed by atoms with van der Waals surface area (Å²) >= 11 is 0. The largest absolute Gasteiger partial charge is 0.378 e. The number of aromatic nitrogens is 2. The number of carbonyl (C=O) groups excluding carboxylic acids is 1.